The van der Waals surface area contributed by atoms with Gasteiger partial charge in [0.15, 0.2) is 0 Å². The van der Waals surface area contributed by atoms with Crippen molar-refractivity contribution in [2.24, 2.45) is 0 Å². The van der Waals surface area contributed by atoms with Crippen LogP contribution < -0.4 is 4.72 Å². The number of benzene rings is 1. The van der Waals surface area contributed by atoms with Gasteiger partial charge in [-0.25, -0.2) is 18.1 Å². The molecule has 112 valence electrons. The van der Waals surface area contributed by atoms with Crippen LogP contribution in [0.3, 0.4) is 0 Å². The molecule has 5 nitrogen and oxygen atoms in total. The van der Waals surface area contributed by atoms with E-state index in [0.29, 0.717) is 6.61 Å². The molecule has 0 radical (unpaired) electrons. The van der Waals surface area contributed by atoms with Crippen LogP contribution in [0.2, 0.25) is 5.15 Å². The molecule has 1 N–H and O–H groups in total. The summed E-state index contributed by atoms with van der Waals surface area (Å²) >= 11 is 5.81. The van der Waals surface area contributed by atoms with Crippen LogP contribution in [0.1, 0.15) is 11.1 Å². The maximum atomic E-state index is 12.2. The fourth-order valence-electron chi connectivity index (χ4n) is 1.82. The lowest BCUT2D eigenvalue weighted by Gasteiger charge is -2.09. The molecule has 0 bridgehead atoms. The highest BCUT2D eigenvalue weighted by molar-refractivity contribution is 7.89. The molecule has 0 fully saturated rings. The van der Waals surface area contributed by atoms with Crippen molar-refractivity contribution in [2.75, 3.05) is 7.11 Å². The van der Waals surface area contributed by atoms with E-state index in [4.69, 9.17) is 16.3 Å². The number of ether oxygens (including phenoxy) is 1. The molecule has 1 heterocycles. The summed E-state index contributed by atoms with van der Waals surface area (Å²) in [5, 5.41) is -0.0434. The van der Waals surface area contributed by atoms with Crippen LogP contribution in [0.25, 0.3) is 0 Å². The van der Waals surface area contributed by atoms with Gasteiger partial charge in [0.05, 0.1) is 6.61 Å². The predicted molar refractivity (Wildman–Crippen MR) is 80.4 cm³/mol. The maximum Gasteiger partial charge on any atom is 0.243 e. The van der Waals surface area contributed by atoms with E-state index >= 15 is 0 Å². The number of nitrogens with one attached hydrogen (secondary N) is 1. The lowest BCUT2D eigenvalue weighted by Crippen LogP contribution is -2.23. The first kappa shape index (κ1) is 15.9. The highest BCUT2D eigenvalue weighted by atomic mass is 35.5. The van der Waals surface area contributed by atoms with Gasteiger partial charge in [-0.3, -0.25) is 0 Å². The average molecular weight is 327 g/mol. The standard InChI is InChI=1S/C14H15ClN2O3S/c1-20-10-12-5-2-4-11(8-12)9-17-21(18,19)13-6-3-7-16-14(13)15/h2-8,17H,9-10H2,1H3. The molecule has 21 heavy (non-hydrogen) atoms. The number of methoxy groups -OCH3 is 1. The molecular weight excluding hydrogens is 312 g/mol. The van der Waals surface area contributed by atoms with Crippen molar-refractivity contribution >= 4 is 21.6 Å². The summed E-state index contributed by atoms with van der Waals surface area (Å²) < 4.78 is 31.9. The third-order valence-corrected chi connectivity index (χ3v) is 4.63. The number of pyridine rings is 1. The number of hydrogen-bond donors (Lipinski definition) is 1. The van der Waals surface area contributed by atoms with Crippen LogP contribution in [0.15, 0.2) is 47.5 Å². The molecule has 0 saturated carbocycles. The number of rotatable bonds is 6. The topological polar surface area (TPSA) is 68.3 Å². The second-order valence-corrected chi connectivity index (χ2v) is 6.46. The van der Waals surface area contributed by atoms with E-state index in [0.717, 1.165) is 11.1 Å². The first-order chi connectivity index (χ1) is 10.0. The summed E-state index contributed by atoms with van der Waals surface area (Å²) in [6, 6.07) is 10.4. The lowest BCUT2D eigenvalue weighted by atomic mass is 10.1. The molecular formula is C14H15ClN2O3S. The highest BCUT2D eigenvalue weighted by Gasteiger charge is 2.17. The summed E-state index contributed by atoms with van der Waals surface area (Å²) in [4.78, 5) is 3.74. The molecule has 0 saturated heterocycles. The number of nitrogens with zero attached hydrogens (tertiary/aromatic N) is 1. The summed E-state index contributed by atoms with van der Waals surface area (Å²) in [6.07, 6.45) is 1.44. The molecule has 0 aliphatic rings. The van der Waals surface area contributed by atoms with E-state index in [1.165, 1.54) is 18.3 Å². The minimum atomic E-state index is -3.69. The van der Waals surface area contributed by atoms with Crippen molar-refractivity contribution < 1.29 is 13.2 Å². The van der Waals surface area contributed by atoms with Crippen molar-refractivity contribution in [1.82, 2.24) is 9.71 Å². The SMILES string of the molecule is COCc1cccc(CNS(=O)(=O)c2cccnc2Cl)c1. The van der Waals surface area contributed by atoms with Gasteiger partial charge in [0.25, 0.3) is 0 Å². The van der Waals surface area contributed by atoms with Gasteiger partial charge < -0.3 is 4.74 Å². The number of halogens is 1. The zero-order valence-electron chi connectivity index (χ0n) is 11.4. The van der Waals surface area contributed by atoms with Crippen molar-refractivity contribution in [3.8, 4) is 0 Å². The second-order valence-electron chi connectivity index (χ2n) is 4.37. The fourth-order valence-corrected chi connectivity index (χ4v) is 3.29. The molecule has 0 spiro atoms. The summed E-state index contributed by atoms with van der Waals surface area (Å²) in [5.74, 6) is 0. The Kier molecular flexibility index (Phi) is 5.30. The Morgan fingerprint density at radius 1 is 1.24 bits per heavy atom. The summed E-state index contributed by atoms with van der Waals surface area (Å²) in [6.45, 7) is 0.653. The molecule has 2 rings (SSSR count). The van der Waals surface area contributed by atoms with Crippen LogP contribution in [0, 0.1) is 0 Å². The monoisotopic (exact) mass is 326 g/mol. The maximum absolute atomic E-state index is 12.2. The first-order valence-corrected chi connectivity index (χ1v) is 8.06. The zero-order chi connectivity index (χ0) is 15.3. The highest BCUT2D eigenvalue weighted by Crippen LogP contribution is 2.18. The number of aromatic nitrogens is 1. The van der Waals surface area contributed by atoms with Gasteiger partial charge in [0.2, 0.25) is 10.0 Å². The molecule has 0 atom stereocenters. The van der Waals surface area contributed by atoms with E-state index < -0.39 is 10.0 Å². The van der Waals surface area contributed by atoms with E-state index in [1.54, 1.807) is 7.11 Å². The Hall–Kier alpha value is -1.47. The minimum Gasteiger partial charge on any atom is -0.380 e. The number of hydrogen-bond acceptors (Lipinski definition) is 4. The molecule has 7 heteroatoms. The Morgan fingerprint density at radius 2 is 2.00 bits per heavy atom. The molecule has 1 aromatic heterocycles. The Balaban J connectivity index is 2.12. The minimum absolute atomic E-state index is 0.0280. The quantitative estimate of drug-likeness (QED) is 0.827. The Labute approximate surface area is 129 Å². The van der Waals surface area contributed by atoms with Gasteiger partial charge in [-0.2, -0.15) is 0 Å². The van der Waals surface area contributed by atoms with Crippen molar-refractivity contribution in [3.63, 3.8) is 0 Å². The van der Waals surface area contributed by atoms with Crippen LogP contribution >= 0.6 is 11.6 Å². The van der Waals surface area contributed by atoms with Gasteiger partial charge in [-0.05, 0) is 23.3 Å². The van der Waals surface area contributed by atoms with E-state index in [2.05, 4.69) is 9.71 Å². The van der Waals surface area contributed by atoms with Crippen molar-refractivity contribution in [3.05, 3.63) is 58.9 Å². The zero-order valence-corrected chi connectivity index (χ0v) is 13.0. The Bertz CT molecular complexity index is 720. The molecule has 0 aliphatic heterocycles. The van der Waals surface area contributed by atoms with E-state index in [9.17, 15) is 8.42 Å². The van der Waals surface area contributed by atoms with Gasteiger partial charge in [-0.15, -0.1) is 0 Å². The van der Waals surface area contributed by atoms with Crippen LogP contribution in [0.4, 0.5) is 0 Å². The predicted octanol–water partition coefficient (Wildman–Crippen LogP) is 2.36. The van der Waals surface area contributed by atoms with Gasteiger partial charge in [0.1, 0.15) is 10.0 Å². The second kappa shape index (κ2) is 7.00. The van der Waals surface area contributed by atoms with Crippen molar-refractivity contribution in [1.29, 1.82) is 0 Å². The van der Waals surface area contributed by atoms with Crippen LogP contribution in [-0.4, -0.2) is 20.5 Å². The van der Waals surface area contributed by atoms with E-state index in [-0.39, 0.29) is 16.6 Å². The average Bonchev–Trinajstić information content (AvgIpc) is 2.46. The largest absolute Gasteiger partial charge is 0.380 e. The normalized spacial score (nSPS) is 11.5. The summed E-state index contributed by atoms with van der Waals surface area (Å²) in [7, 11) is -2.08. The molecule has 0 aliphatic carbocycles. The lowest BCUT2D eigenvalue weighted by molar-refractivity contribution is 0.185. The van der Waals surface area contributed by atoms with Gasteiger partial charge >= 0.3 is 0 Å². The Morgan fingerprint density at radius 3 is 2.71 bits per heavy atom. The van der Waals surface area contributed by atoms with E-state index in [1.807, 2.05) is 24.3 Å². The van der Waals surface area contributed by atoms with Crippen LogP contribution in [0.5, 0.6) is 0 Å². The molecule has 0 amide bonds. The molecule has 0 unspecified atom stereocenters. The third-order valence-electron chi connectivity index (χ3n) is 2.78. The molecule has 1 aromatic carbocycles. The third kappa shape index (κ3) is 4.25. The van der Waals surface area contributed by atoms with Gasteiger partial charge in [0, 0.05) is 19.9 Å². The first-order valence-electron chi connectivity index (χ1n) is 6.20. The molecule has 2 aromatic rings. The smallest absolute Gasteiger partial charge is 0.243 e. The number of sulfonamides is 1. The van der Waals surface area contributed by atoms with Crippen molar-refractivity contribution in [2.45, 2.75) is 18.0 Å². The van der Waals surface area contributed by atoms with Crippen LogP contribution in [-0.2, 0) is 27.9 Å². The van der Waals surface area contributed by atoms with Gasteiger partial charge in [-0.1, -0.05) is 35.9 Å². The summed E-state index contributed by atoms with van der Waals surface area (Å²) in [5.41, 5.74) is 1.82. The fraction of sp³-hybridized carbons (Fsp3) is 0.214.